The summed E-state index contributed by atoms with van der Waals surface area (Å²) in [4.78, 5) is 37.8. The maximum Gasteiger partial charge on any atom is 0.269 e. The number of hydrogen-bond acceptors (Lipinski definition) is 9. The molecule has 5 aromatic heterocycles. The van der Waals surface area contributed by atoms with Crippen LogP contribution in [0.2, 0.25) is 0 Å². The molecule has 2 amide bonds. The molecule has 13 heteroatoms. The molecule has 0 aromatic carbocycles. The Morgan fingerprint density at radius 3 is 1.58 bits per heavy atom. The smallest absolute Gasteiger partial charge is 0.269 e. The predicted octanol–water partition coefficient (Wildman–Crippen LogP) is 1.25. The number of hydrogen-bond donors (Lipinski definition) is 2. The van der Waals surface area contributed by atoms with Crippen molar-refractivity contribution in [3.8, 4) is 22.8 Å². The van der Waals surface area contributed by atoms with Gasteiger partial charge in [-0.1, -0.05) is 28.6 Å². The molecule has 5 aromatic rings. The molecular formula is C25H23N11O2. The van der Waals surface area contributed by atoms with Gasteiger partial charge in [0.25, 0.3) is 11.8 Å². The van der Waals surface area contributed by atoms with E-state index in [0.717, 1.165) is 11.4 Å². The third kappa shape index (κ3) is 6.07. The highest BCUT2D eigenvalue weighted by molar-refractivity contribution is 5.96. The summed E-state index contributed by atoms with van der Waals surface area (Å²) in [5.41, 5.74) is 3.02. The van der Waals surface area contributed by atoms with Crippen molar-refractivity contribution in [3.63, 3.8) is 0 Å². The van der Waals surface area contributed by atoms with Crippen LogP contribution in [0.15, 0.2) is 79.4 Å². The van der Waals surface area contributed by atoms with Crippen LogP contribution in [0.4, 0.5) is 0 Å². The molecule has 5 heterocycles. The van der Waals surface area contributed by atoms with E-state index in [1.165, 1.54) is 0 Å². The van der Waals surface area contributed by atoms with Gasteiger partial charge in [-0.3, -0.25) is 28.9 Å². The fourth-order valence-electron chi connectivity index (χ4n) is 3.52. The van der Waals surface area contributed by atoms with Gasteiger partial charge in [-0.25, -0.2) is 4.98 Å². The Hall–Kier alpha value is -5.33. The molecule has 0 unspecified atom stereocenters. The van der Waals surface area contributed by atoms with Gasteiger partial charge in [0.1, 0.15) is 22.8 Å². The Kier molecular flexibility index (Phi) is 7.44. The zero-order valence-corrected chi connectivity index (χ0v) is 20.2. The normalized spacial score (nSPS) is 10.7. The highest BCUT2D eigenvalue weighted by atomic mass is 16.2. The number of amides is 2. The van der Waals surface area contributed by atoms with Crippen LogP contribution in [-0.2, 0) is 13.1 Å². The van der Waals surface area contributed by atoms with Crippen molar-refractivity contribution in [1.82, 2.24) is 55.6 Å². The molecule has 0 saturated carbocycles. The van der Waals surface area contributed by atoms with Gasteiger partial charge in [-0.2, -0.15) is 0 Å². The summed E-state index contributed by atoms with van der Waals surface area (Å²) in [6.07, 6.45) is 6.89. The molecule has 2 N–H and O–H groups in total. The third-order valence-corrected chi connectivity index (χ3v) is 5.40. The van der Waals surface area contributed by atoms with Crippen LogP contribution in [0.5, 0.6) is 0 Å². The number of pyridine rings is 3. The Bertz CT molecular complexity index is 1410. The summed E-state index contributed by atoms with van der Waals surface area (Å²) in [6, 6.07) is 15.8. The molecule has 0 saturated heterocycles. The van der Waals surface area contributed by atoms with Crippen molar-refractivity contribution in [1.29, 1.82) is 0 Å². The molecule has 0 aliphatic carbocycles. The first-order valence-corrected chi connectivity index (χ1v) is 11.8. The molecule has 190 valence electrons. The van der Waals surface area contributed by atoms with E-state index >= 15 is 0 Å². The molecule has 13 nitrogen and oxygen atoms in total. The summed E-state index contributed by atoms with van der Waals surface area (Å²) in [6.45, 7) is 1.44. The largest absolute Gasteiger partial charge is 0.349 e. The number of carbonyl (C=O) groups excluding carboxylic acids is 2. The summed E-state index contributed by atoms with van der Waals surface area (Å²) in [5.74, 6) is -0.788. The quantitative estimate of drug-likeness (QED) is 0.282. The fourth-order valence-corrected chi connectivity index (χ4v) is 3.52. The monoisotopic (exact) mass is 509 g/mol. The number of nitrogens with one attached hydrogen (secondary N) is 2. The van der Waals surface area contributed by atoms with Gasteiger partial charge < -0.3 is 10.6 Å². The Morgan fingerprint density at radius 2 is 1.13 bits per heavy atom. The van der Waals surface area contributed by atoms with Crippen LogP contribution in [0, 0.1) is 0 Å². The third-order valence-electron chi connectivity index (χ3n) is 5.40. The van der Waals surface area contributed by atoms with E-state index in [0.29, 0.717) is 37.6 Å². The second-order valence-corrected chi connectivity index (χ2v) is 8.08. The average Bonchev–Trinajstić information content (AvgIpc) is 3.64. The second kappa shape index (κ2) is 11.6. The molecule has 0 atom stereocenters. The van der Waals surface area contributed by atoms with Gasteiger partial charge in [-0.05, 0) is 36.4 Å². The Morgan fingerprint density at radius 1 is 0.632 bits per heavy atom. The van der Waals surface area contributed by atoms with E-state index in [1.807, 2.05) is 36.4 Å². The number of rotatable bonds is 10. The van der Waals surface area contributed by atoms with Gasteiger partial charge in [0.05, 0.1) is 36.9 Å². The van der Waals surface area contributed by atoms with E-state index in [4.69, 9.17) is 0 Å². The van der Waals surface area contributed by atoms with Crippen LogP contribution in [0.25, 0.3) is 22.8 Å². The van der Waals surface area contributed by atoms with Gasteiger partial charge in [0.2, 0.25) is 0 Å². The number of carbonyl (C=O) groups is 2. The van der Waals surface area contributed by atoms with E-state index in [2.05, 4.69) is 46.2 Å². The zero-order valence-electron chi connectivity index (χ0n) is 20.2. The van der Waals surface area contributed by atoms with Crippen LogP contribution in [0.3, 0.4) is 0 Å². The lowest BCUT2D eigenvalue weighted by atomic mass is 10.2. The summed E-state index contributed by atoms with van der Waals surface area (Å²) >= 11 is 0. The van der Waals surface area contributed by atoms with E-state index in [9.17, 15) is 9.59 Å². The molecule has 0 aliphatic heterocycles. The number of aromatic nitrogens is 9. The lowest BCUT2D eigenvalue weighted by Crippen LogP contribution is -2.30. The highest BCUT2D eigenvalue weighted by Gasteiger charge is 2.13. The molecule has 5 rings (SSSR count). The van der Waals surface area contributed by atoms with Gasteiger partial charge in [-0.15, -0.1) is 10.2 Å². The summed E-state index contributed by atoms with van der Waals surface area (Å²) in [7, 11) is 0. The van der Waals surface area contributed by atoms with Crippen molar-refractivity contribution >= 4 is 11.8 Å². The van der Waals surface area contributed by atoms with Crippen LogP contribution in [-0.4, -0.2) is 69.8 Å². The second-order valence-electron chi connectivity index (χ2n) is 8.08. The maximum absolute atomic E-state index is 12.6. The van der Waals surface area contributed by atoms with E-state index < -0.39 is 11.8 Å². The molecule has 0 spiro atoms. The molecule has 0 bridgehead atoms. The number of nitrogens with zero attached hydrogens (tertiary/aromatic N) is 9. The van der Waals surface area contributed by atoms with Crippen molar-refractivity contribution in [3.05, 3.63) is 90.8 Å². The van der Waals surface area contributed by atoms with Crippen LogP contribution < -0.4 is 10.6 Å². The molecule has 0 aliphatic rings. The SMILES string of the molecule is O=C(NCCn1cc(-c2ccccn2)nn1)c1cccc(C(=O)NCCn2cc(-c3ccccn3)nn2)n1. The van der Waals surface area contributed by atoms with E-state index in [1.54, 1.807) is 52.4 Å². The molecule has 38 heavy (non-hydrogen) atoms. The van der Waals surface area contributed by atoms with Crippen molar-refractivity contribution in [2.45, 2.75) is 13.1 Å². The Balaban J connectivity index is 1.09. The van der Waals surface area contributed by atoms with Gasteiger partial charge in [0.15, 0.2) is 0 Å². The highest BCUT2D eigenvalue weighted by Crippen LogP contribution is 2.12. The lowest BCUT2D eigenvalue weighted by Gasteiger charge is -2.07. The average molecular weight is 510 g/mol. The predicted molar refractivity (Wildman–Crippen MR) is 135 cm³/mol. The summed E-state index contributed by atoms with van der Waals surface area (Å²) < 4.78 is 3.24. The first kappa shape index (κ1) is 24.4. The van der Waals surface area contributed by atoms with Crippen LogP contribution in [0.1, 0.15) is 21.0 Å². The topological polar surface area (TPSA) is 158 Å². The van der Waals surface area contributed by atoms with Crippen molar-refractivity contribution in [2.24, 2.45) is 0 Å². The molecule has 0 fully saturated rings. The first-order valence-electron chi connectivity index (χ1n) is 11.8. The minimum Gasteiger partial charge on any atom is -0.349 e. The minimum atomic E-state index is -0.394. The minimum absolute atomic E-state index is 0.140. The Labute approximate surface area is 217 Å². The van der Waals surface area contributed by atoms with Gasteiger partial charge in [0, 0.05) is 25.5 Å². The van der Waals surface area contributed by atoms with Crippen molar-refractivity contribution in [2.75, 3.05) is 13.1 Å². The first-order chi connectivity index (χ1) is 18.7. The molecular weight excluding hydrogens is 486 g/mol. The summed E-state index contributed by atoms with van der Waals surface area (Å²) in [5, 5.41) is 21.9. The molecule has 0 radical (unpaired) electrons. The zero-order chi connectivity index (χ0) is 26.2. The van der Waals surface area contributed by atoms with Crippen LogP contribution >= 0.6 is 0 Å². The van der Waals surface area contributed by atoms with Crippen molar-refractivity contribution < 1.29 is 9.59 Å². The lowest BCUT2D eigenvalue weighted by molar-refractivity contribution is 0.0942. The van der Waals surface area contributed by atoms with Gasteiger partial charge >= 0.3 is 0 Å². The fraction of sp³-hybridized carbons (Fsp3) is 0.160. The maximum atomic E-state index is 12.6. The standard InChI is InChI=1S/C25H23N11O2/c37-24(28-12-14-35-16-22(31-33-35)18-6-1-3-10-26-18)20-8-5-9-21(30-20)25(38)29-13-15-36-17-23(32-34-36)19-7-2-4-11-27-19/h1-11,16-17H,12-15H2,(H,28,37)(H,29,38). The van der Waals surface area contributed by atoms with E-state index in [-0.39, 0.29) is 11.4 Å².